The summed E-state index contributed by atoms with van der Waals surface area (Å²) in [5, 5.41) is 19.0. The minimum absolute atomic E-state index is 0.244. The fourth-order valence-corrected chi connectivity index (χ4v) is 3.46. The molecular weight excluding hydrogens is 260 g/mol. The zero-order valence-corrected chi connectivity index (χ0v) is 11.7. The fourth-order valence-electron chi connectivity index (χ4n) is 2.70. The molecule has 0 aromatic carbocycles. The molecule has 1 aliphatic carbocycles. The van der Waals surface area contributed by atoms with Gasteiger partial charge >= 0.3 is 0 Å². The molecule has 6 heteroatoms. The predicted molar refractivity (Wildman–Crippen MR) is 78.8 cm³/mol. The maximum atomic E-state index is 9.41. The Bertz CT molecular complexity index is 571. The Kier molecular flexibility index (Phi) is 3.52. The van der Waals surface area contributed by atoms with Crippen molar-refractivity contribution in [3.8, 4) is 0 Å². The lowest BCUT2D eigenvalue weighted by Gasteiger charge is -2.20. The Balaban J connectivity index is 1.92. The molecule has 0 aliphatic heterocycles. The van der Waals surface area contributed by atoms with Crippen LogP contribution in [0.25, 0.3) is 10.2 Å². The molecule has 19 heavy (non-hydrogen) atoms. The lowest BCUT2D eigenvalue weighted by Crippen LogP contribution is -2.27. The van der Waals surface area contributed by atoms with Crippen LogP contribution in [0.15, 0.2) is 11.4 Å². The molecule has 1 aliphatic rings. The molecule has 5 nitrogen and oxygen atoms in total. The molecule has 0 amide bonds. The van der Waals surface area contributed by atoms with E-state index in [-0.39, 0.29) is 6.61 Å². The van der Waals surface area contributed by atoms with Crippen molar-refractivity contribution in [1.82, 2.24) is 9.97 Å². The summed E-state index contributed by atoms with van der Waals surface area (Å²) in [5.74, 6) is 1.85. The van der Waals surface area contributed by atoms with E-state index in [1.54, 1.807) is 11.3 Å². The van der Waals surface area contributed by atoms with E-state index in [0.29, 0.717) is 17.9 Å². The number of anilines is 2. The van der Waals surface area contributed by atoms with Crippen molar-refractivity contribution in [3.05, 3.63) is 11.4 Å². The molecule has 2 aromatic heterocycles. The van der Waals surface area contributed by atoms with Crippen molar-refractivity contribution < 1.29 is 5.11 Å². The number of rotatable bonds is 4. The second-order valence-corrected chi connectivity index (χ2v) is 5.80. The van der Waals surface area contributed by atoms with Crippen LogP contribution in [0, 0.1) is 5.92 Å². The summed E-state index contributed by atoms with van der Waals surface area (Å²) >= 11 is 1.61. The molecule has 2 unspecified atom stereocenters. The Morgan fingerprint density at radius 2 is 2.32 bits per heavy atom. The van der Waals surface area contributed by atoms with Gasteiger partial charge < -0.3 is 15.7 Å². The van der Waals surface area contributed by atoms with E-state index in [4.69, 9.17) is 0 Å². The standard InChI is InChI=1S/C13H18N4OS/c1-14-13-16-11(9-5-6-19-12(9)17-13)15-10-4-2-3-8(10)7-18/h5-6,8,10,18H,2-4,7H2,1H3,(H2,14,15,16,17). The smallest absolute Gasteiger partial charge is 0.225 e. The van der Waals surface area contributed by atoms with Crippen LogP contribution in [-0.2, 0) is 0 Å². The van der Waals surface area contributed by atoms with E-state index in [1.165, 1.54) is 6.42 Å². The van der Waals surface area contributed by atoms with Crippen molar-refractivity contribution in [2.75, 3.05) is 24.3 Å². The molecule has 3 rings (SSSR count). The van der Waals surface area contributed by atoms with Crippen molar-refractivity contribution in [3.63, 3.8) is 0 Å². The van der Waals surface area contributed by atoms with E-state index in [0.717, 1.165) is 28.9 Å². The largest absolute Gasteiger partial charge is 0.396 e. The van der Waals surface area contributed by atoms with Crippen LogP contribution >= 0.6 is 11.3 Å². The topological polar surface area (TPSA) is 70.1 Å². The third-order valence-electron chi connectivity index (χ3n) is 3.76. The van der Waals surface area contributed by atoms with Crippen LogP contribution in [0.3, 0.4) is 0 Å². The van der Waals surface area contributed by atoms with Crippen LogP contribution in [0.5, 0.6) is 0 Å². The number of aromatic nitrogens is 2. The van der Waals surface area contributed by atoms with Crippen molar-refractivity contribution in [2.45, 2.75) is 25.3 Å². The molecule has 1 saturated carbocycles. The van der Waals surface area contributed by atoms with Crippen molar-refractivity contribution in [2.24, 2.45) is 5.92 Å². The predicted octanol–water partition coefficient (Wildman–Crippen LogP) is 2.31. The maximum absolute atomic E-state index is 9.41. The first kappa shape index (κ1) is 12.6. The molecule has 1 fully saturated rings. The molecule has 2 aromatic rings. The fraction of sp³-hybridized carbons (Fsp3) is 0.538. The van der Waals surface area contributed by atoms with E-state index in [9.17, 15) is 5.11 Å². The van der Waals surface area contributed by atoms with E-state index in [2.05, 4.69) is 20.6 Å². The van der Waals surface area contributed by atoms with Gasteiger partial charge in [-0.3, -0.25) is 0 Å². The van der Waals surface area contributed by atoms with E-state index in [1.807, 2.05) is 18.5 Å². The Morgan fingerprint density at radius 1 is 1.42 bits per heavy atom. The summed E-state index contributed by atoms with van der Waals surface area (Å²) in [6, 6.07) is 2.36. The monoisotopic (exact) mass is 278 g/mol. The molecule has 102 valence electrons. The zero-order valence-electron chi connectivity index (χ0n) is 10.9. The molecule has 2 atom stereocenters. The maximum Gasteiger partial charge on any atom is 0.225 e. The lowest BCUT2D eigenvalue weighted by atomic mass is 10.1. The van der Waals surface area contributed by atoms with Crippen LogP contribution in [0.4, 0.5) is 11.8 Å². The highest BCUT2D eigenvalue weighted by atomic mass is 32.1. The quantitative estimate of drug-likeness (QED) is 0.800. The van der Waals surface area contributed by atoms with Crippen LogP contribution in [0.2, 0.25) is 0 Å². The summed E-state index contributed by atoms with van der Waals surface area (Å²) in [5.41, 5.74) is 0. The zero-order chi connectivity index (χ0) is 13.2. The van der Waals surface area contributed by atoms with Gasteiger partial charge in [-0.2, -0.15) is 4.98 Å². The van der Waals surface area contributed by atoms with Gasteiger partial charge in [0.2, 0.25) is 5.95 Å². The molecule has 0 radical (unpaired) electrons. The van der Waals surface area contributed by atoms with Crippen LogP contribution in [0.1, 0.15) is 19.3 Å². The van der Waals surface area contributed by atoms with E-state index >= 15 is 0 Å². The first-order chi connectivity index (χ1) is 9.31. The van der Waals surface area contributed by atoms with Gasteiger partial charge in [-0.15, -0.1) is 11.3 Å². The number of fused-ring (bicyclic) bond motifs is 1. The molecule has 0 saturated heterocycles. The highest BCUT2D eigenvalue weighted by Gasteiger charge is 2.27. The normalized spacial score (nSPS) is 22.8. The van der Waals surface area contributed by atoms with Gasteiger partial charge in [0.1, 0.15) is 10.6 Å². The van der Waals surface area contributed by atoms with Gasteiger partial charge in [0.15, 0.2) is 0 Å². The average molecular weight is 278 g/mol. The van der Waals surface area contributed by atoms with Gasteiger partial charge in [0.25, 0.3) is 0 Å². The SMILES string of the molecule is CNc1nc(NC2CCCC2CO)c2ccsc2n1. The molecular formula is C13H18N4OS. The molecule has 0 spiro atoms. The Labute approximate surface area is 116 Å². The summed E-state index contributed by atoms with van der Waals surface area (Å²) in [7, 11) is 1.82. The lowest BCUT2D eigenvalue weighted by molar-refractivity contribution is 0.222. The van der Waals surface area contributed by atoms with Gasteiger partial charge in [0.05, 0.1) is 5.39 Å². The van der Waals surface area contributed by atoms with Crippen molar-refractivity contribution >= 4 is 33.3 Å². The Morgan fingerprint density at radius 3 is 3.11 bits per heavy atom. The number of hydrogen-bond donors (Lipinski definition) is 3. The number of aliphatic hydroxyl groups is 1. The number of nitrogens with zero attached hydrogens (tertiary/aromatic N) is 2. The first-order valence-electron chi connectivity index (χ1n) is 6.62. The molecule has 2 heterocycles. The summed E-state index contributed by atoms with van der Waals surface area (Å²) in [4.78, 5) is 9.94. The van der Waals surface area contributed by atoms with Crippen LogP contribution in [-0.4, -0.2) is 34.8 Å². The van der Waals surface area contributed by atoms with Crippen molar-refractivity contribution in [1.29, 1.82) is 0 Å². The second-order valence-electron chi connectivity index (χ2n) is 4.91. The number of thiophene rings is 1. The third kappa shape index (κ3) is 2.37. The van der Waals surface area contributed by atoms with Crippen LogP contribution < -0.4 is 10.6 Å². The van der Waals surface area contributed by atoms with Gasteiger partial charge in [-0.05, 0) is 24.3 Å². The minimum Gasteiger partial charge on any atom is -0.396 e. The number of nitrogens with one attached hydrogen (secondary N) is 2. The number of aliphatic hydroxyl groups excluding tert-OH is 1. The van der Waals surface area contributed by atoms with E-state index < -0.39 is 0 Å². The summed E-state index contributed by atoms with van der Waals surface area (Å²) in [6.45, 7) is 0.244. The summed E-state index contributed by atoms with van der Waals surface area (Å²) in [6.07, 6.45) is 3.35. The molecule has 3 N–H and O–H groups in total. The Hall–Kier alpha value is -1.40. The second kappa shape index (κ2) is 5.30. The summed E-state index contributed by atoms with van der Waals surface area (Å²) < 4.78 is 0. The highest BCUT2D eigenvalue weighted by Crippen LogP contribution is 2.31. The van der Waals surface area contributed by atoms with Gasteiger partial charge in [-0.1, -0.05) is 6.42 Å². The third-order valence-corrected chi connectivity index (χ3v) is 4.57. The minimum atomic E-state index is 0.244. The van der Waals surface area contributed by atoms with Gasteiger partial charge in [0, 0.05) is 25.6 Å². The number of hydrogen-bond acceptors (Lipinski definition) is 6. The first-order valence-corrected chi connectivity index (χ1v) is 7.50. The highest BCUT2D eigenvalue weighted by molar-refractivity contribution is 7.16. The van der Waals surface area contributed by atoms with Gasteiger partial charge in [-0.25, -0.2) is 4.98 Å². The average Bonchev–Trinajstić information content (AvgIpc) is 3.06. The molecule has 0 bridgehead atoms.